The van der Waals surface area contributed by atoms with Crippen LogP contribution in [0.15, 0.2) is 48.1 Å². The van der Waals surface area contributed by atoms with Gasteiger partial charge in [0.15, 0.2) is 8.32 Å². The van der Waals surface area contributed by atoms with E-state index in [-0.39, 0.29) is 70.9 Å². The lowest BCUT2D eigenvalue weighted by Gasteiger charge is -2.47. The summed E-state index contributed by atoms with van der Waals surface area (Å²) in [7, 11) is 0.883. The molecule has 0 N–H and O–H groups in total. The Morgan fingerprint density at radius 1 is 0.949 bits per heavy atom. The molecule has 2 saturated heterocycles. The molecule has 0 aromatic heterocycles. The van der Waals surface area contributed by atoms with E-state index in [0.29, 0.717) is 12.5 Å². The predicted molar refractivity (Wildman–Crippen MR) is 240 cm³/mol. The molecule has 0 radical (unpaired) electrons. The van der Waals surface area contributed by atoms with Gasteiger partial charge in [0.25, 0.3) is 0 Å². The van der Waals surface area contributed by atoms with E-state index in [1.54, 1.807) is 7.11 Å². The summed E-state index contributed by atoms with van der Waals surface area (Å²) < 4.78 is 43.0. The van der Waals surface area contributed by atoms with Crippen molar-refractivity contribution in [3.63, 3.8) is 0 Å². The summed E-state index contributed by atoms with van der Waals surface area (Å²) in [6.45, 7) is 31.3. The van der Waals surface area contributed by atoms with Gasteiger partial charge in [-0.15, -0.1) is 0 Å². The van der Waals surface area contributed by atoms with Crippen molar-refractivity contribution in [2.45, 2.75) is 183 Å². The first-order valence-corrected chi connectivity index (χ1v) is 25.4. The lowest BCUT2D eigenvalue weighted by Crippen LogP contribution is -2.55. The number of ether oxygens (including phenoxy) is 6. The fraction of sp³-hybridized carbons (Fsp3) is 0.755. The maximum atomic E-state index is 13.3. The monoisotopic (exact) mass is 843 g/mol. The number of benzene rings is 1. The summed E-state index contributed by atoms with van der Waals surface area (Å²) in [5.41, 5.74) is 2.36. The number of cyclic esters (lactones) is 2. The maximum Gasteiger partial charge on any atom is 0.508 e. The third kappa shape index (κ3) is 14.2. The van der Waals surface area contributed by atoms with Crippen LogP contribution in [0, 0.1) is 41.4 Å². The average molecular weight is 843 g/mol. The summed E-state index contributed by atoms with van der Waals surface area (Å²) in [5, 5.41) is 0.00387. The van der Waals surface area contributed by atoms with Gasteiger partial charge in [0, 0.05) is 23.7 Å². The van der Waals surface area contributed by atoms with Crippen LogP contribution >= 0.6 is 0 Å². The predicted octanol–water partition coefficient (Wildman–Crippen LogP) is 12.1. The van der Waals surface area contributed by atoms with Crippen LogP contribution in [0.3, 0.4) is 0 Å². The molecule has 0 unspecified atom stereocenters. The standard InChI is InChI=1S/C49H82O9Si/c1-17-20-31(2)29-34(5)43(54-30-39-24-26-40(52-13)27-25-39)32(3)21-18-19-22-42(58-59(15,16)49(10,11)12)35(6)45-38(9)46(57-48(51)56-45)37(8)44-33(4)23-28-41(55-44)36(7)47(50)53-14/h18,21,24-27,29,31-33,35-38,41-46H,17,19-20,22-23,28,30H2,1-16H3/b21-18+,34-29+/t31-,32-,33+,35+,36+,37-,38+,41+,42-,43-,44+,45+,46-/m1/s1. The molecule has 336 valence electrons. The lowest BCUT2D eigenvalue weighted by atomic mass is 9.75. The number of hydrogen-bond donors (Lipinski definition) is 0. The SMILES string of the molecule is CCC[C@@H](C)/C=C(\C)[C@H](OCc1ccc(OC)cc1)[C@H](C)/C=C/CC[C@@H](O[Si](C)(C)C(C)(C)C)[C@H](C)[C@@H]1OC(=O)O[C@H]([C@H](C)[C@H]2O[C@H]([C@H](C)C(=O)OC)CC[C@@H]2C)[C@H]1C. The van der Waals surface area contributed by atoms with Gasteiger partial charge in [-0.1, -0.05) is 106 Å². The first-order valence-electron chi connectivity index (χ1n) is 22.5. The highest BCUT2D eigenvalue weighted by Gasteiger charge is 2.50. The van der Waals surface area contributed by atoms with Gasteiger partial charge in [0.1, 0.15) is 18.0 Å². The van der Waals surface area contributed by atoms with Crippen LogP contribution in [-0.2, 0) is 39.5 Å². The number of carbonyl (C=O) groups is 2. The highest BCUT2D eigenvalue weighted by Crippen LogP contribution is 2.43. The van der Waals surface area contributed by atoms with Gasteiger partial charge in [-0.2, -0.15) is 0 Å². The van der Waals surface area contributed by atoms with Crippen molar-refractivity contribution in [1.29, 1.82) is 0 Å². The molecule has 59 heavy (non-hydrogen) atoms. The lowest BCUT2D eigenvalue weighted by molar-refractivity contribution is -0.186. The van der Waals surface area contributed by atoms with E-state index in [2.05, 4.69) is 120 Å². The quantitative estimate of drug-likeness (QED) is 0.0680. The van der Waals surface area contributed by atoms with E-state index in [1.165, 1.54) is 12.7 Å². The van der Waals surface area contributed by atoms with E-state index in [4.69, 9.17) is 32.8 Å². The van der Waals surface area contributed by atoms with E-state index in [0.717, 1.165) is 49.8 Å². The molecular weight excluding hydrogens is 761 g/mol. The number of hydrogen-bond acceptors (Lipinski definition) is 9. The number of rotatable bonds is 21. The Morgan fingerprint density at radius 2 is 1.59 bits per heavy atom. The third-order valence-corrected chi connectivity index (χ3v) is 18.2. The van der Waals surface area contributed by atoms with Crippen molar-refractivity contribution in [1.82, 2.24) is 0 Å². The second-order valence-corrected chi connectivity index (χ2v) is 24.3. The fourth-order valence-corrected chi connectivity index (χ4v) is 10.4. The van der Waals surface area contributed by atoms with E-state index in [9.17, 15) is 9.59 Å². The largest absolute Gasteiger partial charge is 0.508 e. The zero-order valence-corrected chi connectivity index (χ0v) is 40.7. The molecule has 2 aliphatic heterocycles. The number of carbonyl (C=O) groups excluding carboxylic acids is 2. The molecule has 0 saturated carbocycles. The molecule has 10 heteroatoms. The second kappa shape index (κ2) is 23.0. The zero-order valence-electron chi connectivity index (χ0n) is 39.7. The van der Waals surface area contributed by atoms with Crippen LogP contribution in [-0.4, -0.2) is 71.3 Å². The molecule has 13 atom stereocenters. The minimum absolute atomic E-state index is 0.00387. The highest BCUT2D eigenvalue weighted by molar-refractivity contribution is 6.74. The van der Waals surface area contributed by atoms with E-state index in [1.807, 2.05) is 19.1 Å². The minimum atomic E-state index is -2.21. The minimum Gasteiger partial charge on any atom is -0.497 e. The second-order valence-electron chi connectivity index (χ2n) is 19.5. The molecule has 0 bridgehead atoms. The van der Waals surface area contributed by atoms with Gasteiger partial charge in [-0.05, 0) is 99.2 Å². The molecule has 0 amide bonds. The van der Waals surface area contributed by atoms with Crippen molar-refractivity contribution < 1.29 is 42.4 Å². The van der Waals surface area contributed by atoms with Gasteiger partial charge in [0.05, 0.1) is 51.2 Å². The molecule has 1 aromatic rings. The smallest absolute Gasteiger partial charge is 0.497 e. The van der Waals surface area contributed by atoms with Crippen molar-refractivity contribution in [3.8, 4) is 5.75 Å². The van der Waals surface area contributed by atoms with Crippen LogP contribution in [0.1, 0.15) is 127 Å². The molecule has 2 aliphatic rings. The molecule has 9 nitrogen and oxygen atoms in total. The van der Waals surface area contributed by atoms with Crippen LogP contribution in [0.4, 0.5) is 4.79 Å². The Balaban J connectivity index is 1.83. The van der Waals surface area contributed by atoms with Crippen LogP contribution in [0.2, 0.25) is 18.1 Å². The van der Waals surface area contributed by atoms with Crippen LogP contribution in [0.25, 0.3) is 0 Å². The Morgan fingerprint density at radius 3 is 2.19 bits per heavy atom. The summed E-state index contributed by atoms with van der Waals surface area (Å²) in [6.07, 6.45) is 10.5. The van der Waals surface area contributed by atoms with E-state index >= 15 is 0 Å². The van der Waals surface area contributed by atoms with Gasteiger partial charge in [-0.3, -0.25) is 4.79 Å². The highest BCUT2D eigenvalue weighted by atomic mass is 28.4. The van der Waals surface area contributed by atoms with Crippen molar-refractivity contribution in [3.05, 3.63) is 53.6 Å². The summed E-state index contributed by atoms with van der Waals surface area (Å²) in [4.78, 5) is 25.7. The van der Waals surface area contributed by atoms with Gasteiger partial charge in [0.2, 0.25) is 0 Å². The Bertz CT molecular complexity index is 1500. The van der Waals surface area contributed by atoms with Gasteiger partial charge >= 0.3 is 12.1 Å². The van der Waals surface area contributed by atoms with Crippen molar-refractivity contribution >= 4 is 20.4 Å². The summed E-state index contributed by atoms with van der Waals surface area (Å²) >= 11 is 0. The third-order valence-electron chi connectivity index (χ3n) is 13.7. The first-order chi connectivity index (χ1) is 27.6. The summed E-state index contributed by atoms with van der Waals surface area (Å²) in [5.74, 6) is 0.753. The normalized spacial score (nSPS) is 26.8. The van der Waals surface area contributed by atoms with Crippen molar-refractivity contribution in [2.24, 2.45) is 41.4 Å². The average Bonchev–Trinajstić information content (AvgIpc) is 3.18. The number of methoxy groups -OCH3 is 2. The molecule has 2 fully saturated rings. The molecule has 0 aliphatic carbocycles. The van der Waals surface area contributed by atoms with Crippen molar-refractivity contribution in [2.75, 3.05) is 14.2 Å². The Kier molecular flexibility index (Phi) is 19.7. The maximum absolute atomic E-state index is 13.3. The Labute approximate surface area is 359 Å². The zero-order chi connectivity index (χ0) is 44.2. The molecule has 2 heterocycles. The van der Waals surface area contributed by atoms with Gasteiger partial charge < -0.3 is 32.8 Å². The number of esters is 1. The van der Waals surface area contributed by atoms with Crippen LogP contribution in [0.5, 0.6) is 5.75 Å². The van der Waals surface area contributed by atoms with Gasteiger partial charge in [-0.25, -0.2) is 4.79 Å². The number of allylic oxidation sites excluding steroid dienone is 2. The first kappa shape index (κ1) is 50.7. The molecular formula is C49H82O9Si. The topological polar surface area (TPSA) is 98.8 Å². The van der Waals surface area contributed by atoms with Crippen LogP contribution < -0.4 is 4.74 Å². The Hall–Kier alpha value is -2.66. The fourth-order valence-electron chi connectivity index (χ4n) is 8.91. The molecule has 1 aromatic carbocycles. The van der Waals surface area contributed by atoms with E-state index < -0.39 is 26.7 Å². The summed E-state index contributed by atoms with van der Waals surface area (Å²) in [6, 6.07) is 8.08. The molecule has 0 spiro atoms. The molecule has 3 rings (SSSR count).